The minimum Gasteiger partial charge on any atom is -0.456 e. The van der Waals surface area contributed by atoms with Crippen molar-refractivity contribution in [3.05, 3.63) is 255 Å². The van der Waals surface area contributed by atoms with Crippen molar-refractivity contribution in [1.82, 2.24) is 19.5 Å². The first-order valence-electron chi connectivity index (χ1n) is 25.2. The second-order valence-electron chi connectivity index (χ2n) is 19.1. The van der Waals surface area contributed by atoms with Gasteiger partial charge in [-0.15, -0.1) is 0 Å². The van der Waals surface area contributed by atoms with Gasteiger partial charge in [-0.05, 0) is 111 Å². The lowest BCUT2D eigenvalue weighted by atomic mass is 9.95. The van der Waals surface area contributed by atoms with E-state index in [4.69, 9.17) is 23.8 Å². The molecule has 0 fully saturated rings. The number of hydrogen-bond acceptors (Lipinski definition) is 5. The van der Waals surface area contributed by atoms with E-state index in [2.05, 4.69) is 193 Å². The molecule has 0 radical (unpaired) electrons. The van der Waals surface area contributed by atoms with Crippen molar-refractivity contribution >= 4 is 65.7 Å². The number of hydrogen-bond donors (Lipinski definition) is 0. The molecule has 15 rings (SSSR count). The summed E-state index contributed by atoms with van der Waals surface area (Å²) < 4.78 is 15.9. The Morgan fingerprint density at radius 1 is 0.267 bits per heavy atom. The van der Waals surface area contributed by atoms with E-state index < -0.39 is 0 Å². The second-order valence-corrected chi connectivity index (χ2v) is 19.1. The summed E-state index contributed by atoms with van der Waals surface area (Å²) in [7, 11) is 0. The molecule has 0 saturated heterocycles. The van der Waals surface area contributed by atoms with Crippen LogP contribution in [-0.4, -0.2) is 19.5 Å². The highest BCUT2D eigenvalue weighted by Crippen LogP contribution is 2.44. The topological polar surface area (TPSA) is 69.9 Å². The first-order chi connectivity index (χ1) is 37.1. The number of rotatable bonds is 8. The maximum atomic E-state index is 6.81. The number of aromatic nitrogens is 4. The van der Waals surface area contributed by atoms with Crippen LogP contribution in [0.1, 0.15) is 0 Å². The molecule has 6 nitrogen and oxygen atoms in total. The number of fused-ring (bicyclic) bond motifs is 9. The van der Waals surface area contributed by atoms with Gasteiger partial charge in [-0.1, -0.05) is 188 Å². The van der Waals surface area contributed by atoms with Gasteiger partial charge >= 0.3 is 0 Å². The largest absolute Gasteiger partial charge is 0.456 e. The van der Waals surface area contributed by atoms with Crippen LogP contribution >= 0.6 is 0 Å². The molecule has 4 aromatic heterocycles. The quantitative estimate of drug-likeness (QED) is 0.152. The molecule has 75 heavy (non-hydrogen) atoms. The van der Waals surface area contributed by atoms with E-state index >= 15 is 0 Å². The highest BCUT2D eigenvalue weighted by molar-refractivity contribution is 6.15. The molecule has 0 aliphatic carbocycles. The molecule has 0 amide bonds. The molecule has 0 spiro atoms. The molecule has 0 unspecified atom stereocenters. The van der Waals surface area contributed by atoms with E-state index in [1.165, 1.54) is 21.9 Å². The van der Waals surface area contributed by atoms with E-state index in [0.29, 0.717) is 17.5 Å². The molecule has 0 atom stereocenters. The van der Waals surface area contributed by atoms with E-state index in [1.54, 1.807) is 0 Å². The first kappa shape index (κ1) is 42.5. The Morgan fingerprint density at radius 3 is 1.55 bits per heavy atom. The van der Waals surface area contributed by atoms with Crippen LogP contribution < -0.4 is 0 Å². The average Bonchev–Trinajstić information content (AvgIpc) is 4.17. The Morgan fingerprint density at radius 2 is 0.787 bits per heavy atom. The lowest BCUT2D eigenvalue weighted by molar-refractivity contribution is 0.666. The van der Waals surface area contributed by atoms with Gasteiger partial charge in [0.1, 0.15) is 16.7 Å². The van der Waals surface area contributed by atoms with Crippen molar-refractivity contribution in [3.63, 3.8) is 0 Å². The van der Waals surface area contributed by atoms with Crippen LogP contribution in [0.3, 0.4) is 0 Å². The van der Waals surface area contributed by atoms with Crippen LogP contribution in [0.15, 0.2) is 264 Å². The lowest BCUT2D eigenvalue weighted by Gasteiger charge is -2.13. The molecule has 350 valence electrons. The Hall–Kier alpha value is -10.2. The molecule has 11 aromatic carbocycles. The predicted octanol–water partition coefficient (Wildman–Crippen LogP) is 18.4. The highest BCUT2D eigenvalue weighted by atomic mass is 16.3. The maximum Gasteiger partial charge on any atom is 0.164 e. The summed E-state index contributed by atoms with van der Waals surface area (Å²) in [5, 5.41) is 6.65. The van der Waals surface area contributed by atoms with E-state index in [0.717, 1.165) is 111 Å². The van der Waals surface area contributed by atoms with Crippen molar-refractivity contribution in [1.29, 1.82) is 0 Å². The van der Waals surface area contributed by atoms with Crippen LogP contribution in [0, 0.1) is 0 Å². The average molecular weight is 959 g/mol. The van der Waals surface area contributed by atoms with Crippen molar-refractivity contribution < 1.29 is 8.83 Å². The second kappa shape index (κ2) is 17.3. The summed E-state index contributed by atoms with van der Waals surface area (Å²) in [6.07, 6.45) is 0. The SMILES string of the molecule is c1ccc(-c2ccc3c(c2)c2ccccc2n3-c2cc(-c3cccc(-c4ccc5c(c4)oc4cccc(-c6cccc(-c7nc(-c8ccccc8)nc(-c8ccccc8)n7)c6)c45)c3)cc3c2oc2ccccc23)cc1. The number of furan rings is 2. The van der Waals surface area contributed by atoms with Gasteiger partial charge in [-0.3, -0.25) is 0 Å². The monoisotopic (exact) mass is 958 g/mol. The predicted molar refractivity (Wildman–Crippen MR) is 307 cm³/mol. The number of para-hydroxylation sites is 2. The van der Waals surface area contributed by atoms with Gasteiger partial charge in [0.2, 0.25) is 0 Å². The smallest absolute Gasteiger partial charge is 0.164 e. The van der Waals surface area contributed by atoms with Crippen LogP contribution in [0.5, 0.6) is 0 Å². The summed E-state index contributed by atoms with van der Waals surface area (Å²) in [4.78, 5) is 15.0. The van der Waals surface area contributed by atoms with Crippen molar-refractivity contribution in [2.45, 2.75) is 0 Å². The molecular weight excluding hydrogens is 917 g/mol. The van der Waals surface area contributed by atoms with Crippen molar-refractivity contribution in [2.24, 2.45) is 0 Å². The summed E-state index contributed by atoms with van der Waals surface area (Å²) in [5.74, 6) is 1.87. The molecule has 4 heterocycles. The molecule has 6 heteroatoms. The van der Waals surface area contributed by atoms with E-state index in [1.807, 2.05) is 66.7 Å². The van der Waals surface area contributed by atoms with Crippen molar-refractivity contribution in [2.75, 3.05) is 0 Å². The fraction of sp³-hybridized carbons (Fsp3) is 0. The zero-order chi connectivity index (χ0) is 49.4. The summed E-state index contributed by atoms with van der Waals surface area (Å²) in [5.41, 5.74) is 18.2. The Bertz CT molecular complexity index is 4650. The third-order valence-electron chi connectivity index (χ3n) is 14.6. The normalized spacial score (nSPS) is 11.7. The zero-order valence-electron chi connectivity index (χ0n) is 40.4. The molecule has 15 aromatic rings. The van der Waals surface area contributed by atoms with Gasteiger partial charge in [-0.25, -0.2) is 15.0 Å². The van der Waals surface area contributed by atoms with E-state index in [-0.39, 0.29) is 0 Å². The Balaban J connectivity index is 0.827. The lowest BCUT2D eigenvalue weighted by Crippen LogP contribution is -2.00. The fourth-order valence-corrected chi connectivity index (χ4v) is 11.1. The van der Waals surface area contributed by atoms with Gasteiger partial charge in [0.25, 0.3) is 0 Å². The third kappa shape index (κ3) is 7.22. The minimum absolute atomic E-state index is 0.610. The molecule has 0 aliphatic heterocycles. The van der Waals surface area contributed by atoms with Gasteiger partial charge in [0.05, 0.1) is 16.7 Å². The Kier molecular flexibility index (Phi) is 9.78. The zero-order valence-corrected chi connectivity index (χ0v) is 40.4. The van der Waals surface area contributed by atoms with Crippen LogP contribution in [-0.2, 0) is 0 Å². The van der Waals surface area contributed by atoms with Crippen LogP contribution in [0.25, 0.3) is 150 Å². The summed E-state index contributed by atoms with van der Waals surface area (Å²) in [6.45, 7) is 0. The third-order valence-corrected chi connectivity index (χ3v) is 14.6. The standard InChI is InChI=1S/C69H42N4O2/c1-4-17-43(18-5-1)48-34-36-60-57(39-48)54-27-10-12-30-59(54)73(60)61-41-52(40-58-55-28-11-13-31-62(55)75-66(58)61)47-24-14-23-46(37-47)49-33-35-56-64(42-49)74-63-32-16-29-53(65(56)63)50-25-15-26-51(38-50)69-71-67(44-19-6-2-7-20-44)70-68(72-69)45-21-8-3-9-22-45/h1-42H. The first-order valence-corrected chi connectivity index (χ1v) is 25.2. The summed E-state index contributed by atoms with van der Waals surface area (Å²) >= 11 is 0. The fourth-order valence-electron chi connectivity index (χ4n) is 11.1. The van der Waals surface area contributed by atoms with Crippen molar-refractivity contribution in [3.8, 4) is 84.4 Å². The van der Waals surface area contributed by atoms with Crippen LogP contribution in [0.4, 0.5) is 0 Å². The highest BCUT2D eigenvalue weighted by Gasteiger charge is 2.21. The number of benzene rings is 11. The van der Waals surface area contributed by atoms with Gasteiger partial charge < -0.3 is 13.4 Å². The molecule has 0 bridgehead atoms. The van der Waals surface area contributed by atoms with Gasteiger partial charge in [-0.2, -0.15) is 0 Å². The minimum atomic E-state index is 0.610. The van der Waals surface area contributed by atoms with Crippen LogP contribution in [0.2, 0.25) is 0 Å². The van der Waals surface area contributed by atoms with Gasteiger partial charge in [0, 0.05) is 49.0 Å². The van der Waals surface area contributed by atoms with Gasteiger partial charge in [0.15, 0.2) is 23.1 Å². The molecule has 0 N–H and O–H groups in total. The Labute approximate surface area is 431 Å². The van der Waals surface area contributed by atoms with E-state index in [9.17, 15) is 0 Å². The maximum absolute atomic E-state index is 6.81. The summed E-state index contributed by atoms with van der Waals surface area (Å²) in [6, 6.07) is 89.4. The molecule has 0 aliphatic rings. The molecule has 0 saturated carbocycles. The molecular formula is C69H42N4O2. The number of nitrogens with zero attached hydrogens (tertiary/aromatic N) is 4.